The minimum absolute atomic E-state index is 0.0144. The summed E-state index contributed by atoms with van der Waals surface area (Å²) in [6, 6.07) is 16.6. The Bertz CT molecular complexity index is 665. The molecule has 1 N–H and O–H groups in total. The molecule has 24 heavy (non-hydrogen) atoms. The van der Waals surface area contributed by atoms with E-state index >= 15 is 0 Å². The van der Waals surface area contributed by atoms with Gasteiger partial charge in [-0.1, -0.05) is 42.5 Å². The van der Waals surface area contributed by atoms with Crippen LogP contribution in [0, 0.1) is 0 Å². The van der Waals surface area contributed by atoms with Crippen LogP contribution in [0.5, 0.6) is 5.75 Å². The Labute approximate surface area is 142 Å². The van der Waals surface area contributed by atoms with Crippen molar-refractivity contribution in [2.24, 2.45) is 0 Å². The van der Waals surface area contributed by atoms with E-state index in [-0.39, 0.29) is 30.6 Å². The first-order valence-electron chi connectivity index (χ1n) is 8.20. The lowest BCUT2D eigenvalue weighted by atomic mass is 10.1. The van der Waals surface area contributed by atoms with Gasteiger partial charge in [0, 0.05) is 18.4 Å². The lowest BCUT2D eigenvalue weighted by Crippen LogP contribution is -2.26. The van der Waals surface area contributed by atoms with Gasteiger partial charge in [0.1, 0.15) is 5.75 Å². The van der Waals surface area contributed by atoms with E-state index in [9.17, 15) is 9.59 Å². The maximum Gasteiger partial charge on any atom is 0.220 e. The van der Waals surface area contributed by atoms with Crippen LogP contribution in [0.25, 0.3) is 0 Å². The van der Waals surface area contributed by atoms with E-state index < -0.39 is 0 Å². The number of rotatable bonds is 8. The summed E-state index contributed by atoms with van der Waals surface area (Å²) in [4.78, 5) is 24.1. The second-order valence-electron chi connectivity index (χ2n) is 5.58. The van der Waals surface area contributed by atoms with Crippen molar-refractivity contribution in [3.63, 3.8) is 0 Å². The average Bonchev–Trinajstić information content (AvgIpc) is 2.61. The number of hydrogen-bond donors (Lipinski definition) is 1. The van der Waals surface area contributed by atoms with Gasteiger partial charge in [0.2, 0.25) is 5.91 Å². The number of carbonyl (C=O) groups excluding carboxylic acids is 2. The zero-order valence-electron chi connectivity index (χ0n) is 14.1. The number of Topliss-reactive ketones (excluding diaryl/α,β-unsaturated/α-hetero) is 1. The SMILES string of the molecule is CCOc1ccc(C(C)NC(=O)CCC(=O)c2ccccc2)cc1. The first kappa shape index (κ1) is 17.7. The monoisotopic (exact) mass is 325 g/mol. The summed E-state index contributed by atoms with van der Waals surface area (Å²) >= 11 is 0. The highest BCUT2D eigenvalue weighted by Crippen LogP contribution is 2.18. The summed E-state index contributed by atoms with van der Waals surface area (Å²) in [5.41, 5.74) is 1.64. The molecule has 4 heteroatoms. The third-order valence-corrected chi connectivity index (χ3v) is 3.74. The Morgan fingerprint density at radius 2 is 1.67 bits per heavy atom. The Morgan fingerprint density at radius 1 is 1.00 bits per heavy atom. The molecule has 0 heterocycles. The van der Waals surface area contributed by atoms with Gasteiger partial charge in [0.15, 0.2) is 5.78 Å². The predicted octanol–water partition coefficient (Wildman–Crippen LogP) is 3.93. The average molecular weight is 325 g/mol. The first-order chi connectivity index (χ1) is 11.6. The highest BCUT2D eigenvalue weighted by Gasteiger charge is 2.12. The normalized spacial score (nSPS) is 11.6. The molecule has 0 radical (unpaired) electrons. The van der Waals surface area contributed by atoms with Gasteiger partial charge in [-0.25, -0.2) is 0 Å². The van der Waals surface area contributed by atoms with Crippen LogP contribution in [0.4, 0.5) is 0 Å². The quantitative estimate of drug-likeness (QED) is 0.748. The smallest absolute Gasteiger partial charge is 0.220 e. The summed E-state index contributed by atoms with van der Waals surface area (Å²) in [5.74, 6) is 0.674. The summed E-state index contributed by atoms with van der Waals surface area (Å²) in [7, 11) is 0. The van der Waals surface area contributed by atoms with Crippen LogP contribution in [0.1, 0.15) is 48.7 Å². The van der Waals surface area contributed by atoms with Gasteiger partial charge in [-0.15, -0.1) is 0 Å². The molecule has 0 bridgehead atoms. The number of nitrogens with one attached hydrogen (secondary N) is 1. The highest BCUT2D eigenvalue weighted by molar-refractivity contribution is 5.97. The van der Waals surface area contributed by atoms with E-state index in [0.717, 1.165) is 11.3 Å². The van der Waals surface area contributed by atoms with Crippen LogP contribution in [-0.4, -0.2) is 18.3 Å². The van der Waals surface area contributed by atoms with Gasteiger partial charge in [-0.2, -0.15) is 0 Å². The topological polar surface area (TPSA) is 55.4 Å². The fourth-order valence-corrected chi connectivity index (χ4v) is 2.41. The number of benzene rings is 2. The van der Waals surface area contributed by atoms with Crippen molar-refractivity contribution in [1.29, 1.82) is 0 Å². The number of ether oxygens (including phenoxy) is 1. The molecule has 1 amide bonds. The molecule has 0 fully saturated rings. The lowest BCUT2D eigenvalue weighted by Gasteiger charge is -2.15. The fourth-order valence-electron chi connectivity index (χ4n) is 2.41. The standard InChI is InChI=1S/C20H23NO3/c1-3-24-18-11-9-16(10-12-18)15(2)21-20(23)14-13-19(22)17-7-5-4-6-8-17/h4-12,15H,3,13-14H2,1-2H3,(H,21,23). The van der Waals surface area contributed by atoms with E-state index in [0.29, 0.717) is 12.2 Å². The van der Waals surface area contributed by atoms with Gasteiger partial charge in [0.05, 0.1) is 12.6 Å². The molecule has 0 aliphatic carbocycles. The highest BCUT2D eigenvalue weighted by atomic mass is 16.5. The Kier molecular flexibility index (Phi) is 6.55. The van der Waals surface area contributed by atoms with Crippen molar-refractivity contribution in [1.82, 2.24) is 5.32 Å². The molecule has 2 aromatic rings. The van der Waals surface area contributed by atoms with E-state index in [1.807, 2.05) is 56.3 Å². The Hall–Kier alpha value is -2.62. The van der Waals surface area contributed by atoms with Crippen LogP contribution in [-0.2, 0) is 4.79 Å². The molecule has 0 saturated heterocycles. The second-order valence-corrected chi connectivity index (χ2v) is 5.58. The first-order valence-corrected chi connectivity index (χ1v) is 8.20. The van der Waals surface area contributed by atoms with Gasteiger partial charge >= 0.3 is 0 Å². The zero-order valence-corrected chi connectivity index (χ0v) is 14.1. The molecule has 2 aromatic carbocycles. The van der Waals surface area contributed by atoms with E-state index in [1.165, 1.54) is 0 Å². The molecular weight excluding hydrogens is 302 g/mol. The van der Waals surface area contributed by atoms with Crippen molar-refractivity contribution in [3.8, 4) is 5.75 Å². The van der Waals surface area contributed by atoms with Crippen LogP contribution >= 0.6 is 0 Å². The molecule has 0 aliphatic heterocycles. The van der Waals surface area contributed by atoms with Crippen molar-refractivity contribution < 1.29 is 14.3 Å². The molecule has 0 spiro atoms. The molecule has 4 nitrogen and oxygen atoms in total. The number of hydrogen-bond acceptors (Lipinski definition) is 3. The lowest BCUT2D eigenvalue weighted by molar-refractivity contribution is -0.121. The molecule has 1 unspecified atom stereocenters. The number of amides is 1. The van der Waals surface area contributed by atoms with Crippen LogP contribution in [0.3, 0.4) is 0 Å². The fraction of sp³-hybridized carbons (Fsp3) is 0.300. The number of ketones is 1. The van der Waals surface area contributed by atoms with Crippen molar-refractivity contribution in [3.05, 3.63) is 65.7 Å². The summed E-state index contributed by atoms with van der Waals surface area (Å²) in [6.07, 6.45) is 0.404. The van der Waals surface area contributed by atoms with E-state index in [2.05, 4.69) is 5.32 Å². The van der Waals surface area contributed by atoms with Gasteiger partial charge < -0.3 is 10.1 Å². The molecular formula is C20H23NO3. The summed E-state index contributed by atoms with van der Waals surface area (Å²) in [5, 5.41) is 2.92. The third kappa shape index (κ3) is 5.23. The second kappa shape index (κ2) is 8.87. The maximum atomic E-state index is 12.0. The van der Waals surface area contributed by atoms with E-state index in [1.54, 1.807) is 12.1 Å². The van der Waals surface area contributed by atoms with Gasteiger partial charge in [-0.05, 0) is 31.5 Å². The predicted molar refractivity (Wildman–Crippen MR) is 94.2 cm³/mol. The number of carbonyl (C=O) groups is 2. The van der Waals surface area contributed by atoms with Gasteiger partial charge in [-0.3, -0.25) is 9.59 Å². The summed E-state index contributed by atoms with van der Waals surface area (Å²) in [6.45, 7) is 4.49. The molecule has 1 atom stereocenters. The third-order valence-electron chi connectivity index (χ3n) is 3.74. The Balaban J connectivity index is 1.82. The largest absolute Gasteiger partial charge is 0.494 e. The van der Waals surface area contributed by atoms with Crippen LogP contribution in [0.15, 0.2) is 54.6 Å². The Morgan fingerprint density at radius 3 is 2.29 bits per heavy atom. The maximum absolute atomic E-state index is 12.0. The molecule has 2 rings (SSSR count). The van der Waals surface area contributed by atoms with Crippen molar-refractivity contribution in [2.75, 3.05) is 6.61 Å². The van der Waals surface area contributed by atoms with Gasteiger partial charge in [0.25, 0.3) is 0 Å². The minimum Gasteiger partial charge on any atom is -0.494 e. The van der Waals surface area contributed by atoms with Crippen LogP contribution < -0.4 is 10.1 Å². The summed E-state index contributed by atoms with van der Waals surface area (Å²) < 4.78 is 5.40. The van der Waals surface area contributed by atoms with Crippen molar-refractivity contribution in [2.45, 2.75) is 32.7 Å². The molecule has 0 aromatic heterocycles. The van der Waals surface area contributed by atoms with Crippen molar-refractivity contribution >= 4 is 11.7 Å². The molecule has 126 valence electrons. The van der Waals surface area contributed by atoms with Crippen LogP contribution in [0.2, 0.25) is 0 Å². The molecule has 0 aliphatic rings. The zero-order chi connectivity index (χ0) is 17.4. The minimum atomic E-state index is -0.124. The van der Waals surface area contributed by atoms with E-state index in [4.69, 9.17) is 4.74 Å². The molecule has 0 saturated carbocycles.